The zero-order valence-corrected chi connectivity index (χ0v) is 22.2. The lowest BCUT2D eigenvalue weighted by Gasteiger charge is -2.32. The molecule has 1 atom stereocenters. The summed E-state index contributed by atoms with van der Waals surface area (Å²) in [6.45, 7) is 4.65. The number of ether oxygens (including phenoxy) is 3. The molecule has 1 N–H and O–H groups in total. The van der Waals surface area contributed by atoms with Gasteiger partial charge in [-0.3, -0.25) is 14.5 Å². The van der Waals surface area contributed by atoms with Crippen LogP contribution >= 0.6 is 0 Å². The van der Waals surface area contributed by atoms with Gasteiger partial charge < -0.3 is 19.5 Å². The van der Waals surface area contributed by atoms with Crippen molar-refractivity contribution in [2.75, 3.05) is 25.3 Å². The van der Waals surface area contributed by atoms with Crippen molar-refractivity contribution in [1.29, 1.82) is 0 Å². The molecule has 1 unspecified atom stereocenters. The summed E-state index contributed by atoms with van der Waals surface area (Å²) >= 11 is 0. The van der Waals surface area contributed by atoms with Crippen LogP contribution < -0.4 is 24.4 Å². The standard InChI is InChI=1S/C29H31N5O5/c1-19(2)14-15-30-29(36)28(20-8-11-22(37-3)12-9-20)34(21-10-13-25-26(16-21)39-18-38-25)27(35)17-33-24-7-5-4-6-23(24)31-32-33/h4-13,16,19,28H,14-15,17-18H2,1-3H3,(H,30,36). The first-order valence-electron chi connectivity index (χ1n) is 12.9. The van der Waals surface area contributed by atoms with Gasteiger partial charge in [0.05, 0.1) is 12.6 Å². The molecule has 5 rings (SSSR count). The largest absolute Gasteiger partial charge is 0.497 e. The van der Waals surface area contributed by atoms with Crippen LogP contribution in [0.1, 0.15) is 31.9 Å². The number of hydrogen-bond acceptors (Lipinski definition) is 7. The highest BCUT2D eigenvalue weighted by Gasteiger charge is 2.34. The number of aromatic nitrogens is 3. The average molecular weight is 530 g/mol. The normalized spacial score (nSPS) is 12.9. The fourth-order valence-electron chi connectivity index (χ4n) is 4.50. The molecule has 0 spiro atoms. The Morgan fingerprint density at radius 2 is 1.82 bits per heavy atom. The second kappa shape index (κ2) is 11.4. The maximum atomic E-state index is 14.1. The van der Waals surface area contributed by atoms with Gasteiger partial charge in [-0.25, -0.2) is 4.68 Å². The topological polar surface area (TPSA) is 108 Å². The number of methoxy groups -OCH3 is 1. The molecule has 0 aliphatic carbocycles. The van der Waals surface area contributed by atoms with E-state index < -0.39 is 6.04 Å². The van der Waals surface area contributed by atoms with Crippen LogP contribution in [0.15, 0.2) is 66.7 Å². The van der Waals surface area contributed by atoms with E-state index >= 15 is 0 Å². The SMILES string of the molecule is COc1ccc(C(C(=O)NCCC(C)C)N(C(=O)Cn2nnc3ccccc32)c2ccc3c(c2)OCO3)cc1. The fraction of sp³-hybridized carbons (Fsp3) is 0.310. The zero-order valence-electron chi connectivity index (χ0n) is 22.2. The number of nitrogens with zero attached hydrogens (tertiary/aromatic N) is 4. The number of rotatable bonds is 10. The van der Waals surface area contributed by atoms with Crippen molar-refractivity contribution >= 4 is 28.5 Å². The minimum Gasteiger partial charge on any atom is -0.497 e. The minimum absolute atomic E-state index is 0.0925. The van der Waals surface area contributed by atoms with Gasteiger partial charge in [-0.15, -0.1) is 5.10 Å². The van der Waals surface area contributed by atoms with E-state index in [-0.39, 0.29) is 25.2 Å². The number of nitrogens with one attached hydrogen (secondary N) is 1. The minimum atomic E-state index is -0.967. The van der Waals surface area contributed by atoms with Crippen molar-refractivity contribution in [3.63, 3.8) is 0 Å². The van der Waals surface area contributed by atoms with Gasteiger partial charge >= 0.3 is 0 Å². The highest BCUT2D eigenvalue weighted by atomic mass is 16.7. The van der Waals surface area contributed by atoms with Crippen molar-refractivity contribution in [3.05, 3.63) is 72.3 Å². The number of hydrogen-bond donors (Lipinski definition) is 1. The number of anilines is 1. The molecule has 0 saturated carbocycles. The monoisotopic (exact) mass is 529 g/mol. The summed E-state index contributed by atoms with van der Waals surface area (Å²) in [4.78, 5) is 29.5. The molecular weight excluding hydrogens is 498 g/mol. The van der Waals surface area contributed by atoms with E-state index in [4.69, 9.17) is 14.2 Å². The zero-order chi connectivity index (χ0) is 27.4. The molecule has 3 aromatic carbocycles. The van der Waals surface area contributed by atoms with Gasteiger partial charge in [0.15, 0.2) is 11.5 Å². The fourth-order valence-corrected chi connectivity index (χ4v) is 4.50. The van der Waals surface area contributed by atoms with Crippen molar-refractivity contribution in [2.45, 2.75) is 32.9 Å². The molecule has 39 heavy (non-hydrogen) atoms. The summed E-state index contributed by atoms with van der Waals surface area (Å²) in [5.41, 5.74) is 2.53. The van der Waals surface area contributed by atoms with Gasteiger partial charge in [-0.1, -0.05) is 43.3 Å². The van der Waals surface area contributed by atoms with E-state index in [1.54, 1.807) is 54.3 Å². The Kier molecular flexibility index (Phi) is 7.62. The molecule has 1 aliphatic rings. The highest BCUT2D eigenvalue weighted by molar-refractivity contribution is 6.01. The second-order valence-electron chi connectivity index (χ2n) is 9.69. The third kappa shape index (κ3) is 5.64. The first kappa shape index (κ1) is 26.0. The van der Waals surface area contributed by atoms with Gasteiger partial charge in [0.2, 0.25) is 18.6 Å². The van der Waals surface area contributed by atoms with Crippen LogP contribution in [0.5, 0.6) is 17.2 Å². The Morgan fingerprint density at radius 1 is 1.05 bits per heavy atom. The molecule has 10 nitrogen and oxygen atoms in total. The van der Waals surface area contributed by atoms with E-state index in [0.717, 1.165) is 11.9 Å². The number of benzene rings is 3. The lowest BCUT2D eigenvalue weighted by atomic mass is 10.0. The predicted octanol–water partition coefficient (Wildman–Crippen LogP) is 4.11. The molecule has 202 valence electrons. The van der Waals surface area contributed by atoms with E-state index in [9.17, 15) is 9.59 Å². The van der Waals surface area contributed by atoms with E-state index in [1.807, 2.05) is 24.3 Å². The Morgan fingerprint density at radius 3 is 2.59 bits per heavy atom. The van der Waals surface area contributed by atoms with Crippen LogP contribution in [0.3, 0.4) is 0 Å². The van der Waals surface area contributed by atoms with Crippen molar-refractivity contribution in [1.82, 2.24) is 20.3 Å². The summed E-state index contributed by atoms with van der Waals surface area (Å²) in [5, 5.41) is 11.4. The number of carbonyl (C=O) groups is 2. The summed E-state index contributed by atoms with van der Waals surface area (Å²) < 4.78 is 17.9. The van der Waals surface area contributed by atoms with Gasteiger partial charge in [0.25, 0.3) is 0 Å². The summed E-state index contributed by atoms with van der Waals surface area (Å²) in [7, 11) is 1.58. The molecule has 4 aromatic rings. The molecule has 2 amide bonds. The molecule has 1 aliphatic heterocycles. The van der Waals surface area contributed by atoms with Crippen LogP contribution in [-0.4, -0.2) is 47.3 Å². The van der Waals surface area contributed by atoms with Crippen LogP contribution in [0, 0.1) is 5.92 Å². The van der Waals surface area contributed by atoms with E-state index in [2.05, 4.69) is 29.5 Å². The smallest absolute Gasteiger partial charge is 0.249 e. The maximum absolute atomic E-state index is 14.1. The Balaban J connectivity index is 1.57. The van der Waals surface area contributed by atoms with E-state index in [1.165, 1.54) is 4.90 Å². The number of para-hydroxylation sites is 1. The van der Waals surface area contributed by atoms with Crippen molar-refractivity contribution < 1.29 is 23.8 Å². The van der Waals surface area contributed by atoms with Gasteiger partial charge in [0.1, 0.15) is 23.9 Å². The summed E-state index contributed by atoms with van der Waals surface area (Å²) in [6.07, 6.45) is 0.810. The number of fused-ring (bicyclic) bond motifs is 2. The Hall–Kier alpha value is -4.60. The average Bonchev–Trinajstić information content (AvgIpc) is 3.58. The van der Waals surface area contributed by atoms with Gasteiger partial charge in [-0.2, -0.15) is 0 Å². The molecule has 1 aromatic heterocycles. The molecule has 0 bridgehead atoms. The summed E-state index contributed by atoms with van der Waals surface area (Å²) in [6, 6.07) is 18.8. The Bertz CT molecular complexity index is 1470. The second-order valence-corrected chi connectivity index (χ2v) is 9.69. The van der Waals surface area contributed by atoms with Crippen LogP contribution in [0.25, 0.3) is 11.0 Å². The molecule has 2 heterocycles. The number of carbonyl (C=O) groups excluding carboxylic acids is 2. The van der Waals surface area contributed by atoms with Crippen molar-refractivity contribution in [3.8, 4) is 17.2 Å². The first-order valence-corrected chi connectivity index (χ1v) is 12.9. The third-order valence-corrected chi connectivity index (χ3v) is 6.57. The maximum Gasteiger partial charge on any atom is 0.249 e. The molecule has 0 radical (unpaired) electrons. The third-order valence-electron chi connectivity index (χ3n) is 6.57. The summed E-state index contributed by atoms with van der Waals surface area (Å²) in [5.74, 6) is 1.50. The molecular formula is C29H31N5O5. The predicted molar refractivity (Wildman–Crippen MR) is 146 cm³/mol. The van der Waals surface area contributed by atoms with Crippen LogP contribution in [0.4, 0.5) is 5.69 Å². The van der Waals surface area contributed by atoms with Gasteiger partial charge in [-0.05, 0) is 54.3 Å². The highest BCUT2D eigenvalue weighted by Crippen LogP contribution is 2.38. The van der Waals surface area contributed by atoms with Gasteiger partial charge in [0, 0.05) is 18.3 Å². The molecule has 10 heteroatoms. The molecule has 0 fully saturated rings. The Labute approximate surface area is 226 Å². The first-order chi connectivity index (χ1) is 18.9. The van der Waals surface area contributed by atoms with Crippen LogP contribution in [0.2, 0.25) is 0 Å². The number of amides is 2. The molecule has 0 saturated heterocycles. The van der Waals surface area contributed by atoms with Crippen LogP contribution in [-0.2, 0) is 16.1 Å². The lowest BCUT2D eigenvalue weighted by Crippen LogP contribution is -2.45. The lowest BCUT2D eigenvalue weighted by molar-refractivity contribution is -0.127. The van der Waals surface area contributed by atoms with Crippen molar-refractivity contribution in [2.24, 2.45) is 5.92 Å². The quantitative estimate of drug-likeness (QED) is 0.329. The van der Waals surface area contributed by atoms with E-state index in [0.29, 0.717) is 46.5 Å².